The quantitative estimate of drug-likeness (QED) is 0.256. The lowest BCUT2D eigenvalue weighted by molar-refractivity contribution is -0.141. The van der Waals surface area contributed by atoms with E-state index in [-0.39, 0.29) is 30.2 Å². The maximum Gasteiger partial charge on any atom is 0.289 e. The molecule has 2 heterocycles. The molecule has 1 saturated heterocycles. The van der Waals surface area contributed by atoms with Crippen molar-refractivity contribution in [3.63, 3.8) is 0 Å². The van der Waals surface area contributed by atoms with Crippen molar-refractivity contribution in [2.75, 3.05) is 6.54 Å². The number of pyridine rings is 1. The summed E-state index contributed by atoms with van der Waals surface area (Å²) in [6, 6.07) is 0.344. The highest BCUT2D eigenvalue weighted by atomic mass is 19.1. The molecule has 0 radical (unpaired) electrons. The Hall–Kier alpha value is -3.63. The maximum atomic E-state index is 13.3. The molecule has 4 amide bonds. The van der Waals surface area contributed by atoms with Gasteiger partial charge in [-0.1, -0.05) is 20.8 Å². The van der Waals surface area contributed by atoms with E-state index in [1.165, 1.54) is 24.3 Å². The van der Waals surface area contributed by atoms with E-state index in [1.54, 1.807) is 0 Å². The second kappa shape index (κ2) is 12.1. The van der Waals surface area contributed by atoms with Gasteiger partial charge < -0.3 is 21.3 Å². The molecular weight excluding hydrogens is 481 g/mol. The zero-order valence-corrected chi connectivity index (χ0v) is 21.3. The molecule has 1 aromatic rings. The van der Waals surface area contributed by atoms with Crippen LogP contribution in [0.15, 0.2) is 24.4 Å². The number of nitrogens with zero attached hydrogens (tertiary/aromatic N) is 1. The second-order valence-electron chi connectivity index (χ2n) is 10.7. The van der Waals surface area contributed by atoms with Crippen molar-refractivity contribution in [3.05, 3.63) is 35.9 Å². The molecule has 10 nitrogen and oxygen atoms in total. The predicted molar refractivity (Wildman–Crippen MR) is 133 cm³/mol. The van der Waals surface area contributed by atoms with E-state index < -0.39 is 47.3 Å². The molecule has 3 atom stereocenters. The first-order valence-corrected chi connectivity index (χ1v) is 12.4. The summed E-state index contributed by atoms with van der Waals surface area (Å²) in [6.45, 7) is 6.15. The van der Waals surface area contributed by atoms with Crippen molar-refractivity contribution >= 4 is 35.5 Å². The monoisotopic (exact) mass is 515 g/mol. The van der Waals surface area contributed by atoms with E-state index >= 15 is 0 Å². The first-order valence-electron chi connectivity index (χ1n) is 12.4. The Morgan fingerprint density at radius 2 is 1.86 bits per heavy atom. The van der Waals surface area contributed by atoms with Crippen molar-refractivity contribution in [1.82, 2.24) is 26.3 Å². The number of ketones is 1. The number of nitrogens with one attached hydrogen (secondary N) is 4. The number of carbonyl (C=O) groups excluding carboxylic acids is 5. The summed E-state index contributed by atoms with van der Waals surface area (Å²) >= 11 is 0. The molecule has 1 aromatic heterocycles. The number of rotatable bonds is 11. The lowest BCUT2D eigenvalue weighted by atomic mass is 9.87. The zero-order chi connectivity index (χ0) is 27.2. The molecule has 1 aliphatic heterocycles. The van der Waals surface area contributed by atoms with Gasteiger partial charge in [-0.15, -0.1) is 0 Å². The van der Waals surface area contributed by atoms with Gasteiger partial charge in [0.15, 0.2) is 0 Å². The number of hydrogen-bond donors (Lipinski definition) is 4. The lowest BCUT2D eigenvalue weighted by Crippen LogP contribution is -2.55. The van der Waals surface area contributed by atoms with E-state index in [2.05, 4.69) is 26.3 Å². The highest BCUT2D eigenvalue weighted by Gasteiger charge is 2.37. The van der Waals surface area contributed by atoms with Gasteiger partial charge in [0.25, 0.3) is 5.91 Å². The Bertz CT molecular complexity index is 1060. The van der Waals surface area contributed by atoms with Crippen LogP contribution in [0.25, 0.3) is 6.08 Å². The minimum Gasteiger partial charge on any atom is -0.356 e. The third kappa shape index (κ3) is 9.07. The Balaban J connectivity index is 1.72. The van der Waals surface area contributed by atoms with Gasteiger partial charge in [-0.25, -0.2) is 4.39 Å². The van der Waals surface area contributed by atoms with Crippen LogP contribution in [-0.2, 0) is 24.0 Å². The highest BCUT2D eigenvalue weighted by molar-refractivity contribution is 6.38. The average Bonchev–Trinajstić information content (AvgIpc) is 3.55. The molecule has 2 aliphatic rings. The van der Waals surface area contributed by atoms with Gasteiger partial charge in [0.05, 0.1) is 17.9 Å². The van der Waals surface area contributed by atoms with Crippen LogP contribution in [0.5, 0.6) is 0 Å². The fraction of sp³-hybridized carbons (Fsp3) is 0.538. The molecule has 2 fully saturated rings. The van der Waals surface area contributed by atoms with Crippen LogP contribution in [0, 0.1) is 17.2 Å². The molecule has 200 valence electrons. The maximum absolute atomic E-state index is 13.3. The Kier molecular flexibility index (Phi) is 9.12. The largest absolute Gasteiger partial charge is 0.356 e. The molecule has 2 unspecified atom stereocenters. The SMILES string of the molecule is CC(C)(C)C[C@H](NC(=O)/C=C/c1ccc(F)cn1)C(=O)NC(CC1CCNC1=O)C(=O)C(=O)NC1CC1. The number of aromatic nitrogens is 1. The minimum absolute atomic E-state index is 0.0131. The Labute approximate surface area is 215 Å². The number of hydrogen-bond acceptors (Lipinski definition) is 6. The number of Topliss-reactive ketones (excluding diaryl/α,β-unsaturated/α-hetero) is 1. The van der Waals surface area contributed by atoms with E-state index in [0.29, 0.717) is 18.7 Å². The van der Waals surface area contributed by atoms with Crippen molar-refractivity contribution in [3.8, 4) is 0 Å². The molecule has 11 heteroatoms. The molecule has 0 bridgehead atoms. The van der Waals surface area contributed by atoms with Gasteiger partial charge in [-0.05, 0) is 55.7 Å². The van der Waals surface area contributed by atoms with Crippen LogP contribution in [0.4, 0.5) is 4.39 Å². The van der Waals surface area contributed by atoms with Crippen LogP contribution in [0.3, 0.4) is 0 Å². The number of carbonyl (C=O) groups is 5. The Morgan fingerprint density at radius 3 is 2.43 bits per heavy atom. The molecule has 3 rings (SSSR count). The topological polar surface area (TPSA) is 146 Å². The van der Waals surface area contributed by atoms with Gasteiger partial charge in [0, 0.05) is 24.6 Å². The third-order valence-electron chi connectivity index (χ3n) is 6.06. The number of amides is 4. The molecule has 4 N–H and O–H groups in total. The summed E-state index contributed by atoms with van der Waals surface area (Å²) in [4.78, 5) is 67.3. The van der Waals surface area contributed by atoms with Crippen LogP contribution in [0.2, 0.25) is 0 Å². The van der Waals surface area contributed by atoms with Gasteiger partial charge >= 0.3 is 0 Å². The second-order valence-corrected chi connectivity index (χ2v) is 10.7. The summed E-state index contributed by atoms with van der Waals surface area (Å²) in [5.74, 6) is -4.07. The van der Waals surface area contributed by atoms with E-state index in [4.69, 9.17) is 0 Å². The zero-order valence-electron chi connectivity index (χ0n) is 21.3. The smallest absolute Gasteiger partial charge is 0.289 e. The van der Waals surface area contributed by atoms with Crippen LogP contribution >= 0.6 is 0 Å². The van der Waals surface area contributed by atoms with Gasteiger partial charge in [0.1, 0.15) is 11.9 Å². The third-order valence-corrected chi connectivity index (χ3v) is 6.06. The van der Waals surface area contributed by atoms with Crippen molar-refractivity contribution in [1.29, 1.82) is 0 Å². The summed E-state index contributed by atoms with van der Waals surface area (Å²) in [7, 11) is 0. The van der Waals surface area contributed by atoms with Crippen molar-refractivity contribution < 1.29 is 28.4 Å². The summed E-state index contributed by atoms with van der Waals surface area (Å²) in [5.41, 5.74) is -0.0123. The molecule has 0 aromatic carbocycles. The van der Waals surface area contributed by atoms with E-state index in [0.717, 1.165) is 19.0 Å². The van der Waals surface area contributed by atoms with Crippen LogP contribution in [0.1, 0.15) is 58.6 Å². The summed E-state index contributed by atoms with van der Waals surface area (Å²) < 4.78 is 13.0. The van der Waals surface area contributed by atoms with Crippen molar-refractivity contribution in [2.24, 2.45) is 11.3 Å². The lowest BCUT2D eigenvalue weighted by Gasteiger charge is -2.28. The Morgan fingerprint density at radius 1 is 1.14 bits per heavy atom. The fourth-order valence-corrected chi connectivity index (χ4v) is 3.99. The first kappa shape index (κ1) is 27.9. The first-order chi connectivity index (χ1) is 17.4. The molecule has 1 aliphatic carbocycles. The van der Waals surface area contributed by atoms with E-state index in [9.17, 15) is 28.4 Å². The minimum atomic E-state index is -1.21. The van der Waals surface area contributed by atoms with Crippen LogP contribution in [-0.4, -0.2) is 59.1 Å². The molecular formula is C26H34FN5O5. The van der Waals surface area contributed by atoms with Gasteiger partial charge in [-0.3, -0.25) is 29.0 Å². The van der Waals surface area contributed by atoms with Crippen molar-refractivity contribution in [2.45, 2.75) is 71.0 Å². The fourth-order valence-electron chi connectivity index (χ4n) is 3.99. The summed E-state index contributed by atoms with van der Waals surface area (Å²) in [5, 5.41) is 10.6. The van der Waals surface area contributed by atoms with Gasteiger partial charge in [0.2, 0.25) is 23.5 Å². The highest BCUT2D eigenvalue weighted by Crippen LogP contribution is 2.23. The standard InChI is InChI=1S/C26H34FN5O5/c1-26(2,3)13-20(31-21(33)9-8-17-5-4-16(27)14-29-17)24(36)32-19(12-15-10-11-28-23(15)35)22(34)25(37)30-18-6-7-18/h4-5,8-9,14-15,18-20H,6-7,10-13H2,1-3H3,(H,28,35)(H,30,37)(H,31,33)(H,32,36)/b9-8+/t15?,19?,20-/m0/s1. The average molecular weight is 516 g/mol. The summed E-state index contributed by atoms with van der Waals surface area (Å²) in [6.07, 6.45) is 5.89. The molecule has 0 spiro atoms. The van der Waals surface area contributed by atoms with Crippen LogP contribution < -0.4 is 21.3 Å². The molecule has 1 saturated carbocycles. The molecule has 37 heavy (non-hydrogen) atoms. The van der Waals surface area contributed by atoms with Gasteiger partial charge in [-0.2, -0.15) is 0 Å². The predicted octanol–water partition coefficient (Wildman–Crippen LogP) is 1.01. The van der Waals surface area contributed by atoms with E-state index in [1.807, 2.05) is 20.8 Å². The normalized spacial score (nSPS) is 19.1. The number of halogens is 1.